The van der Waals surface area contributed by atoms with E-state index >= 15 is 0 Å². The molecule has 0 saturated carbocycles. The second kappa shape index (κ2) is 16.0. The molecule has 0 radical (unpaired) electrons. The summed E-state index contributed by atoms with van der Waals surface area (Å²) in [7, 11) is 0. The molecule has 3 nitrogen and oxygen atoms in total. The Balaban J connectivity index is 3.57. The van der Waals surface area contributed by atoms with E-state index in [1.807, 2.05) is 34.6 Å². The molecule has 28 heavy (non-hydrogen) atoms. The van der Waals surface area contributed by atoms with Gasteiger partial charge in [-0.3, -0.25) is 4.79 Å². The van der Waals surface area contributed by atoms with Gasteiger partial charge in [0, 0.05) is 12.8 Å². The van der Waals surface area contributed by atoms with Crippen LogP contribution in [0.15, 0.2) is 12.2 Å². The van der Waals surface area contributed by atoms with Gasteiger partial charge in [0.2, 0.25) is 0 Å². The first-order valence-corrected chi connectivity index (χ1v) is 11.7. The van der Waals surface area contributed by atoms with Gasteiger partial charge in [0.1, 0.15) is 5.60 Å². The Hall–Kier alpha value is -0.830. The second-order valence-electron chi connectivity index (χ2n) is 9.57. The lowest BCUT2D eigenvalue weighted by Gasteiger charge is -2.27. The zero-order chi connectivity index (χ0) is 21.3. The van der Waals surface area contributed by atoms with Crippen molar-refractivity contribution in [3.8, 4) is 0 Å². The van der Waals surface area contributed by atoms with Crippen molar-refractivity contribution in [2.24, 2.45) is 0 Å². The standard InChI is InChI=1S/C25H48O3/c1-7-8-9-10-11-12-13-14-15-16-17-18-19-20-23(26)28-25(5,6)21-22-27-24(2,3)4/h12-13H,7-11,14-22H2,1-6H3/b13-12+. The molecule has 0 aliphatic rings. The summed E-state index contributed by atoms with van der Waals surface area (Å²) in [5, 5.41) is 0. The number of allylic oxidation sites excluding steroid dienone is 2. The lowest BCUT2D eigenvalue weighted by Crippen LogP contribution is -2.31. The first-order chi connectivity index (χ1) is 13.2. The zero-order valence-electron chi connectivity index (χ0n) is 19.8. The molecule has 0 aliphatic carbocycles. The summed E-state index contributed by atoms with van der Waals surface area (Å²) in [6.07, 6.45) is 19.5. The summed E-state index contributed by atoms with van der Waals surface area (Å²) in [5.41, 5.74) is -0.601. The summed E-state index contributed by atoms with van der Waals surface area (Å²) in [4.78, 5) is 12.0. The quantitative estimate of drug-likeness (QED) is 0.143. The van der Waals surface area contributed by atoms with E-state index in [1.165, 1.54) is 57.8 Å². The van der Waals surface area contributed by atoms with Crippen LogP contribution in [0, 0.1) is 0 Å². The van der Waals surface area contributed by atoms with E-state index in [2.05, 4.69) is 19.1 Å². The molecule has 0 heterocycles. The molecule has 0 fully saturated rings. The molecule has 0 aromatic carbocycles. The molecular weight excluding hydrogens is 348 g/mol. The van der Waals surface area contributed by atoms with Crippen LogP contribution in [-0.2, 0) is 14.3 Å². The number of hydrogen-bond donors (Lipinski definition) is 0. The van der Waals surface area contributed by atoms with Crippen molar-refractivity contribution in [2.75, 3.05) is 6.61 Å². The third-order valence-corrected chi connectivity index (χ3v) is 4.77. The summed E-state index contributed by atoms with van der Waals surface area (Å²) in [5.74, 6) is -0.0771. The fraction of sp³-hybridized carbons (Fsp3) is 0.880. The van der Waals surface area contributed by atoms with Crippen LogP contribution >= 0.6 is 0 Å². The van der Waals surface area contributed by atoms with Crippen LogP contribution in [0.5, 0.6) is 0 Å². The summed E-state index contributed by atoms with van der Waals surface area (Å²) in [6, 6.07) is 0. The van der Waals surface area contributed by atoms with Crippen LogP contribution in [0.4, 0.5) is 0 Å². The van der Waals surface area contributed by atoms with E-state index in [0.717, 1.165) is 19.3 Å². The van der Waals surface area contributed by atoms with Gasteiger partial charge in [0.15, 0.2) is 0 Å². The Morgan fingerprint density at radius 2 is 1.32 bits per heavy atom. The highest BCUT2D eigenvalue weighted by Gasteiger charge is 2.23. The predicted octanol–water partition coefficient (Wildman–Crippen LogP) is 7.77. The Morgan fingerprint density at radius 1 is 0.786 bits per heavy atom. The second-order valence-corrected chi connectivity index (χ2v) is 9.57. The highest BCUT2D eigenvalue weighted by Crippen LogP contribution is 2.19. The van der Waals surface area contributed by atoms with Crippen LogP contribution in [0.25, 0.3) is 0 Å². The lowest BCUT2D eigenvalue weighted by molar-refractivity contribution is -0.159. The van der Waals surface area contributed by atoms with Gasteiger partial charge < -0.3 is 9.47 Å². The Morgan fingerprint density at radius 3 is 1.89 bits per heavy atom. The molecule has 3 heteroatoms. The fourth-order valence-electron chi connectivity index (χ4n) is 3.00. The Kier molecular flexibility index (Phi) is 15.5. The van der Waals surface area contributed by atoms with Crippen molar-refractivity contribution in [1.82, 2.24) is 0 Å². The molecule has 0 spiro atoms. The number of esters is 1. The molecule has 0 unspecified atom stereocenters. The van der Waals surface area contributed by atoms with E-state index in [4.69, 9.17) is 9.47 Å². The number of unbranched alkanes of at least 4 members (excludes halogenated alkanes) is 9. The SMILES string of the molecule is CCCCCC/C=C/CCCCCCCC(=O)OC(C)(C)CCOC(C)(C)C. The highest BCUT2D eigenvalue weighted by atomic mass is 16.6. The molecule has 0 N–H and O–H groups in total. The number of ether oxygens (including phenoxy) is 2. The molecule has 0 atom stereocenters. The van der Waals surface area contributed by atoms with Crippen LogP contribution in [0.2, 0.25) is 0 Å². The normalized spacial score (nSPS) is 12.6. The molecule has 0 rings (SSSR count). The third kappa shape index (κ3) is 19.9. The summed E-state index contributed by atoms with van der Waals surface area (Å²) < 4.78 is 11.4. The fourth-order valence-corrected chi connectivity index (χ4v) is 3.00. The topological polar surface area (TPSA) is 35.5 Å². The minimum absolute atomic E-state index is 0.0771. The van der Waals surface area contributed by atoms with Crippen LogP contribution in [0.1, 0.15) is 125 Å². The van der Waals surface area contributed by atoms with E-state index < -0.39 is 5.60 Å². The van der Waals surface area contributed by atoms with Gasteiger partial charge in [0.25, 0.3) is 0 Å². The largest absolute Gasteiger partial charge is 0.460 e. The van der Waals surface area contributed by atoms with Gasteiger partial charge in [-0.25, -0.2) is 0 Å². The van der Waals surface area contributed by atoms with Crippen molar-refractivity contribution in [1.29, 1.82) is 0 Å². The molecule has 0 amide bonds. The number of rotatable bonds is 17. The number of hydrogen-bond acceptors (Lipinski definition) is 3. The zero-order valence-corrected chi connectivity index (χ0v) is 19.8. The lowest BCUT2D eigenvalue weighted by atomic mass is 10.1. The first-order valence-electron chi connectivity index (χ1n) is 11.7. The molecule has 0 aliphatic heterocycles. The van der Waals surface area contributed by atoms with Gasteiger partial charge in [-0.2, -0.15) is 0 Å². The van der Waals surface area contributed by atoms with E-state index in [1.54, 1.807) is 0 Å². The van der Waals surface area contributed by atoms with Crippen molar-refractivity contribution in [3.63, 3.8) is 0 Å². The monoisotopic (exact) mass is 396 g/mol. The summed E-state index contributed by atoms with van der Waals surface area (Å²) >= 11 is 0. The van der Waals surface area contributed by atoms with Gasteiger partial charge >= 0.3 is 5.97 Å². The molecule has 0 aromatic heterocycles. The van der Waals surface area contributed by atoms with Crippen molar-refractivity contribution >= 4 is 5.97 Å². The van der Waals surface area contributed by atoms with Crippen LogP contribution in [-0.4, -0.2) is 23.8 Å². The molecule has 166 valence electrons. The van der Waals surface area contributed by atoms with E-state index in [-0.39, 0.29) is 11.6 Å². The first kappa shape index (κ1) is 27.2. The third-order valence-electron chi connectivity index (χ3n) is 4.77. The van der Waals surface area contributed by atoms with E-state index in [9.17, 15) is 4.79 Å². The number of carbonyl (C=O) groups is 1. The average molecular weight is 397 g/mol. The van der Waals surface area contributed by atoms with Crippen LogP contribution in [0.3, 0.4) is 0 Å². The minimum atomic E-state index is -0.453. The van der Waals surface area contributed by atoms with Crippen molar-refractivity contribution < 1.29 is 14.3 Å². The summed E-state index contributed by atoms with van der Waals surface area (Å²) in [6.45, 7) is 12.9. The molecule has 0 bridgehead atoms. The van der Waals surface area contributed by atoms with Gasteiger partial charge in [0.05, 0.1) is 12.2 Å². The maximum atomic E-state index is 12.0. The Bertz CT molecular complexity index is 405. The van der Waals surface area contributed by atoms with Crippen molar-refractivity contribution in [3.05, 3.63) is 12.2 Å². The minimum Gasteiger partial charge on any atom is -0.460 e. The smallest absolute Gasteiger partial charge is 0.306 e. The molecule has 0 saturated heterocycles. The van der Waals surface area contributed by atoms with Crippen molar-refractivity contribution in [2.45, 2.75) is 136 Å². The average Bonchev–Trinajstić information content (AvgIpc) is 2.57. The predicted molar refractivity (Wildman–Crippen MR) is 121 cm³/mol. The number of carbonyl (C=O) groups excluding carboxylic acids is 1. The van der Waals surface area contributed by atoms with Gasteiger partial charge in [-0.05, 0) is 66.7 Å². The van der Waals surface area contributed by atoms with Gasteiger partial charge in [-0.15, -0.1) is 0 Å². The maximum absolute atomic E-state index is 12.0. The maximum Gasteiger partial charge on any atom is 0.306 e. The molecule has 0 aromatic rings. The Labute approximate surface area is 175 Å². The van der Waals surface area contributed by atoms with E-state index in [0.29, 0.717) is 13.0 Å². The van der Waals surface area contributed by atoms with Crippen LogP contribution < -0.4 is 0 Å². The highest BCUT2D eigenvalue weighted by molar-refractivity contribution is 5.69. The molecular formula is C25H48O3. The van der Waals surface area contributed by atoms with Gasteiger partial charge in [-0.1, -0.05) is 57.6 Å².